The molecule has 96 valence electrons. The number of hydrogen-bond acceptors (Lipinski definition) is 4. The second-order valence-corrected chi connectivity index (χ2v) is 4.64. The van der Waals surface area contributed by atoms with Gasteiger partial charge < -0.3 is 19.7 Å². The highest BCUT2D eigenvalue weighted by atomic mass is 16.7. The Labute approximate surface area is 99.3 Å². The zero-order valence-electron chi connectivity index (χ0n) is 10.9. The van der Waals surface area contributed by atoms with Crippen molar-refractivity contribution in [2.45, 2.75) is 25.6 Å². The van der Waals surface area contributed by atoms with Gasteiger partial charge in [-0.05, 0) is 51.9 Å². The monoisotopic (exact) mass is 230 g/mol. The van der Waals surface area contributed by atoms with Crippen LogP contribution >= 0.6 is 0 Å². The molecule has 4 nitrogen and oxygen atoms in total. The summed E-state index contributed by atoms with van der Waals surface area (Å²) < 4.78 is 10.2. The summed E-state index contributed by atoms with van der Waals surface area (Å²) in [6.45, 7) is 4.35. The Morgan fingerprint density at radius 2 is 1.88 bits per heavy atom. The van der Waals surface area contributed by atoms with Gasteiger partial charge in [0.05, 0.1) is 0 Å². The van der Waals surface area contributed by atoms with Crippen LogP contribution in [0.3, 0.4) is 0 Å². The first kappa shape index (κ1) is 13.9. The SMILES string of the molecule is COC(CNCCC1CCN(C)CC1)OC. The number of nitrogens with one attached hydrogen (secondary N) is 1. The van der Waals surface area contributed by atoms with Crippen LogP contribution in [-0.2, 0) is 9.47 Å². The van der Waals surface area contributed by atoms with Gasteiger partial charge in [-0.2, -0.15) is 0 Å². The molecule has 0 radical (unpaired) electrons. The lowest BCUT2D eigenvalue weighted by atomic mass is 9.94. The zero-order valence-corrected chi connectivity index (χ0v) is 10.9. The fraction of sp³-hybridized carbons (Fsp3) is 1.00. The molecule has 0 bridgehead atoms. The van der Waals surface area contributed by atoms with Crippen molar-refractivity contribution in [3.63, 3.8) is 0 Å². The third kappa shape index (κ3) is 5.25. The van der Waals surface area contributed by atoms with Crippen molar-refractivity contribution in [3.8, 4) is 0 Å². The van der Waals surface area contributed by atoms with E-state index in [0.717, 1.165) is 19.0 Å². The van der Waals surface area contributed by atoms with E-state index in [1.54, 1.807) is 14.2 Å². The van der Waals surface area contributed by atoms with Gasteiger partial charge in [0, 0.05) is 20.8 Å². The molecule has 0 spiro atoms. The molecule has 0 aromatic carbocycles. The standard InChI is InChI=1S/C12H26N2O2/c1-14-8-5-11(6-9-14)4-7-13-10-12(15-2)16-3/h11-13H,4-10H2,1-3H3. The zero-order chi connectivity index (χ0) is 11.8. The molecule has 1 N–H and O–H groups in total. The number of ether oxygens (including phenoxy) is 2. The smallest absolute Gasteiger partial charge is 0.169 e. The lowest BCUT2D eigenvalue weighted by molar-refractivity contribution is -0.0987. The van der Waals surface area contributed by atoms with Gasteiger partial charge in [-0.3, -0.25) is 0 Å². The lowest BCUT2D eigenvalue weighted by Crippen LogP contribution is -2.34. The number of likely N-dealkylation sites (tertiary alicyclic amines) is 1. The minimum Gasteiger partial charge on any atom is -0.355 e. The summed E-state index contributed by atoms with van der Waals surface area (Å²) in [7, 11) is 5.55. The first-order valence-corrected chi connectivity index (χ1v) is 6.21. The Balaban J connectivity index is 1.98. The Hall–Kier alpha value is -0.160. The maximum Gasteiger partial charge on any atom is 0.169 e. The number of hydrogen-bond donors (Lipinski definition) is 1. The third-order valence-corrected chi connectivity index (χ3v) is 3.40. The van der Waals surface area contributed by atoms with Gasteiger partial charge in [0.15, 0.2) is 6.29 Å². The van der Waals surface area contributed by atoms with Crippen molar-refractivity contribution in [2.24, 2.45) is 5.92 Å². The quantitative estimate of drug-likeness (QED) is 0.521. The highest BCUT2D eigenvalue weighted by molar-refractivity contribution is 4.70. The second kappa shape index (κ2) is 8.01. The molecule has 16 heavy (non-hydrogen) atoms. The molecule has 0 aromatic heterocycles. The lowest BCUT2D eigenvalue weighted by Gasteiger charge is -2.29. The van der Waals surface area contributed by atoms with Crippen LogP contribution in [0.5, 0.6) is 0 Å². The van der Waals surface area contributed by atoms with E-state index in [4.69, 9.17) is 9.47 Å². The van der Waals surface area contributed by atoms with Crippen molar-refractivity contribution in [1.82, 2.24) is 10.2 Å². The van der Waals surface area contributed by atoms with Gasteiger partial charge >= 0.3 is 0 Å². The average molecular weight is 230 g/mol. The van der Waals surface area contributed by atoms with E-state index < -0.39 is 0 Å². The minimum absolute atomic E-state index is 0.113. The minimum atomic E-state index is -0.113. The summed E-state index contributed by atoms with van der Waals surface area (Å²) in [5.41, 5.74) is 0. The number of nitrogens with zero attached hydrogens (tertiary/aromatic N) is 1. The summed E-state index contributed by atoms with van der Waals surface area (Å²) in [4.78, 5) is 2.41. The van der Waals surface area contributed by atoms with E-state index in [0.29, 0.717) is 0 Å². The normalized spacial score (nSPS) is 19.5. The van der Waals surface area contributed by atoms with Crippen LogP contribution in [0.1, 0.15) is 19.3 Å². The maximum absolute atomic E-state index is 5.11. The summed E-state index contributed by atoms with van der Waals surface area (Å²) in [5, 5.41) is 3.38. The fourth-order valence-electron chi connectivity index (χ4n) is 2.14. The largest absolute Gasteiger partial charge is 0.355 e. The van der Waals surface area contributed by atoms with E-state index in [1.807, 2.05) is 0 Å². The summed E-state index contributed by atoms with van der Waals surface area (Å²) >= 11 is 0. The topological polar surface area (TPSA) is 33.7 Å². The van der Waals surface area contributed by atoms with Crippen LogP contribution in [-0.4, -0.2) is 58.6 Å². The Morgan fingerprint density at radius 3 is 2.44 bits per heavy atom. The van der Waals surface area contributed by atoms with E-state index in [2.05, 4.69) is 17.3 Å². The van der Waals surface area contributed by atoms with Crippen LogP contribution in [0, 0.1) is 5.92 Å². The molecular weight excluding hydrogens is 204 g/mol. The molecule has 1 rings (SSSR count). The summed E-state index contributed by atoms with van der Waals surface area (Å²) in [6, 6.07) is 0. The van der Waals surface area contributed by atoms with Crippen LogP contribution in [0.15, 0.2) is 0 Å². The predicted octanol–water partition coefficient (Wildman–Crippen LogP) is 0.927. The Morgan fingerprint density at radius 1 is 1.25 bits per heavy atom. The van der Waals surface area contributed by atoms with Crippen molar-refractivity contribution < 1.29 is 9.47 Å². The van der Waals surface area contributed by atoms with Crippen LogP contribution < -0.4 is 5.32 Å². The molecule has 1 aliphatic heterocycles. The fourth-order valence-corrected chi connectivity index (χ4v) is 2.14. The van der Waals surface area contributed by atoms with E-state index in [9.17, 15) is 0 Å². The van der Waals surface area contributed by atoms with Crippen LogP contribution in [0.4, 0.5) is 0 Å². The van der Waals surface area contributed by atoms with E-state index in [-0.39, 0.29) is 6.29 Å². The van der Waals surface area contributed by atoms with Gasteiger partial charge in [0.2, 0.25) is 0 Å². The molecule has 1 fully saturated rings. The molecule has 0 aromatic rings. The van der Waals surface area contributed by atoms with Gasteiger partial charge in [-0.25, -0.2) is 0 Å². The number of methoxy groups -OCH3 is 2. The molecular formula is C12H26N2O2. The van der Waals surface area contributed by atoms with Crippen LogP contribution in [0.25, 0.3) is 0 Å². The molecule has 0 amide bonds. The predicted molar refractivity (Wildman–Crippen MR) is 65.5 cm³/mol. The highest BCUT2D eigenvalue weighted by Crippen LogP contribution is 2.18. The van der Waals surface area contributed by atoms with E-state index >= 15 is 0 Å². The maximum atomic E-state index is 5.11. The second-order valence-electron chi connectivity index (χ2n) is 4.64. The molecule has 0 saturated carbocycles. The van der Waals surface area contributed by atoms with Gasteiger partial charge in [-0.15, -0.1) is 0 Å². The third-order valence-electron chi connectivity index (χ3n) is 3.40. The van der Waals surface area contributed by atoms with E-state index in [1.165, 1.54) is 32.4 Å². The Bertz CT molecular complexity index is 166. The first-order valence-electron chi connectivity index (χ1n) is 6.21. The number of piperidine rings is 1. The van der Waals surface area contributed by atoms with Crippen molar-refractivity contribution >= 4 is 0 Å². The first-order chi connectivity index (χ1) is 7.76. The molecule has 1 saturated heterocycles. The van der Waals surface area contributed by atoms with Crippen LogP contribution in [0.2, 0.25) is 0 Å². The van der Waals surface area contributed by atoms with Gasteiger partial charge in [-0.1, -0.05) is 0 Å². The van der Waals surface area contributed by atoms with Crippen molar-refractivity contribution in [1.29, 1.82) is 0 Å². The average Bonchev–Trinajstić information content (AvgIpc) is 2.32. The number of rotatable bonds is 7. The summed E-state index contributed by atoms with van der Waals surface area (Å²) in [5.74, 6) is 0.896. The summed E-state index contributed by atoms with van der Waals surface area (Å²) in [6.07, 6.45) is 3.85. The molecule has 0 aliphatic carbocycles. The highest BCUT2D eigenvalue weighted by Gasteiger charge is 2.16. The van der Waals surface area contributed by atoms with Gasteiger partial charge in [0.25, 0.3) is 0 Å². The molecule has 1 heterocycles. The van der Waals surface area contributed by atoms with Gasteiger partial charge in [0.1, 0.15) is 0 Å². The molecule has 0 unspecified atom stereocenters. The van der Waals surface area contributed by atoms with Crippen molar-refractivity contribution in [2.75, 3.05) is 47.4 Å². The molecule has 0 atom stereocenters. The van der Waals surface area contributed by atoms with Crippen molar-refractivity contribution in [3.05, 3.63) is 0 Å². The molecule has 4 heteroatoms. The molecule has 1 aliphatic rings. The Kier molecular flexibility index (Phi) is 6.96.